The zero-order valence-electron chi connectivity index (χ0n) is 21.2. The Morgan fingerprint density at radius 1 is 0.763 bits per heavy atom. The van der Waals surface area contributed by atoms with Crippen molar-refractivity contribution in [2.45, 2.75) is 13.1 Å². The number of nitrogens with one attached hydrogen (secondary N) is 4. The summed E-state index contributed by atoms with van der Waals surface area (Å²) in [6, 6.07) is 11.0. The summed E-state index contributed by atoms with van der Waals surface area (Å²) in [6.07, 6.45) is 3.44. The smallest absolute Gasteiger partial charge is 0.251 e. The average Bonchev–Trinajstić information content (AvgIpc) is 2.96. The summed E-state index contributed by atoms with van der Waals surface area (Å²) in [4.78, 5) is 29.5. The lowest BCUT2D eigenvalue weighted by Crippen LogP contribution is -2.27. The third-order valence-corrected chi connectivity index (χ3v) is 5.06. The molecule has 13 nitrogen and oxygen atoms in total. The Bertz CT molecular complexity index is 1090. The van der Waals surface area contributed by atoms with Gasteiger partial charge in [-0.05, 0) is 35.4 Å². The second kappa shape index (κ2) is 16.8. The maximum atomic E-state index is 12.4. The van der Waals surface area contributed by atoms with Gasteiger partial charge in [0.25, 0.3) is 5.91 Å². The number of rotatable bonds is 18. The third-order valence-electron chi connectivity index (χ3n) is 5.06. The van der Waals surface area contributed by atoms with Crippen LogP contribution in [0.2, 0.25) is 0 Å². The Morgan fingerprint density at radius 3 is 1.95 bits per heavy atom. The van der Waals surface area contributed by atoms with Crippen LogP contribution < -0.4 is 27.0 Å². The Labute approximate surface area is 221 Å². The summed E-state index contributed by atoms with van der Waals surface area (Å²) < 4.78 is 10.6. The van der Waals surface area contributed by atoms with E-state index in [0.717, 1.165) is 11.1 Å². The molecule has 0 aliphatic heterocycles. The third kappa shape index (κ3) is 10.6. The highest BCUT2D eigenvalue weighted by atomic mass is 16.5. The number of hydrogen-bond donors (Lipinski definition) is 6. The van der Waals surface area contributed by atoms with Gasteiger partial charge in [-0.3, -0.25) is 9.78 Å². The Hall–Kier alpha value is -3.91. The molecule has 1 amide bonds. The molecule has 0 atom stereocenters. The van der Waals surface area contributed by atoms with Gasteiger partial charge in [-0.25, -0.2) is 0 Å². The molecule has 0 unspecified atom stereocenters. The first-order valence-electron chi connectivity index (χ1n) is 12.4. The van der Waals surface area contributed by atoms with Crippen molar-refractivity contribution in [3.8, 4) is 0 Å². The molecular formula is C25H35N9O4. The van der Waals surface area contributed by atoms with E-state index in [2.05, 4.69) is 41.2 Å². The molecule has 7 N–H and O–H groups in total. The van der Waals surface area contributed by atoms with E-state index in [0.29, 0.717) is 82.6 Å². The predicted molar refractivity (Wildman–Crippen MR) is 144 cm³/mol. The van der Waals surface area contributed by atoms with Crippen LogP contribution in [-0.2, 0) is 22.6 Å². The van der Waals surface area contributed by atoms with Crippen LogP contribution in [0.3, 0.4) is 0 Å². The molecule has 0 aliphatic carbocycles. The fraction of sp³-hybridized carbons (Fsp3) is 0.400. The number of nitrogens with two attached hydrogens (primary N) is 1. The van der Waals surface area contributed by atoms with Crippen LogP contribution in [0, 0.1) is 0 Å². The molecule has 0 radical (unpaired) electrons. The minimum Gasteiger partial charge on any atom is -0.395 e. The van der Waals surface area contributed by atoms with Crippen LogP contribution in [0.1, 0.15) is 21.5 Å². The molecule has 0 aliphatic rings. The van der Waals surface area contributed by atoms with Crippen LogP contribution in [0.5, 0.6) is 0 Å². The van der Waals surface area contributed by atoms with Crippen LogP contribution >= 0.6 is 0 Å². The maximum Gasteiger partial charge on any atom is 0.251 e. The number of benzene rings is 1. The lowest BCUT2D eigenvalue weighted by Gasteiger charge is -2.11. The molecule has 0 saturated heterocycles. The highest BCUT2D eigenvalue weighted by Crippen LogP contribution is 2.12. The number of amides is 1. The molecule has 3 rings (SSSR count). The predicted octanol–water partition coefficient (Wildman–Crippen LogP) is 0.617. The van der Waals surface area contributed by atoms with Gasteiger partial charge in [0, 0.05) is 50.7 Å². The van der Waals surface area contributed by atoms with E-state index in [1.165, 1.54) is 0 Å². The summed E-state index contributed by atoms with van der Waals surface area (Å²) in [5.41, 5.74) is 7.88. The van der Waals surface area contributed by atoms with Crippen molar-refractivity contribution in [2.24, 2.45) is 5.73 Å². The molecule has 2 heterocycles. The SMILES string of the molecule is NCCOCCOCCNC(=O)c1ccc(CNc2nc(NCCO)nc(NCc3ccncc3)n2)cc1. The van der Waals surface area contributed by atoms with Crippen molar-refractivity contribution >= 4 is 23.8 Å². The van der Waals surface area contributed by atoms with Gasteiger partial charge in [0.05, 0.1) is 33.0 Å². The van der Waals surface area contributed by atoms with Crippen molar-refractivity contribution in [1.29, 1.82) is 0 Å². The van der Waals surface area contributed by atoms with Gasteiger partial charge in [0.2, 0.25) is 17.8 Å². The van der Waals surface area contributed by atoms with E-state index >= 15 is 0 Å². The maximum absolute atomic E-state index is 12.4. The van der Waals surface area contributed by atoms with Crippen molar-refractivity contribution in [2.75, 3.05) is 68.6 Å². The van der Waals surface area contributed by atoms with Crippen LogP contribution in [-0.4, -0.2) is 83.6 Å². The van der Waals surface area contributed by atoms with Gasteiger partial charge < -0.3 is 41.6 Å². The Balaban J connectivity index is 1.48. The lowest BCUT2D eigenvalue weighted by atomic mass is 10.1. The number of pyridine rings is 1. The first kappa shape index (κ1) is 28.7. The standard InChI is InChI=1S/C25H35N9O4/c26-7-13-37-15-16-38-14-11-28-22(36)21-3-1-19(2-4-21)17-30-24-32-23(29-10-12-35)33-25(34-24)31-18-20-5-8-27-9-6-20/h1-6,8-9,35H,7,10-18,26H2,(H,28,36)(H3,29,30,31,32,33,34). The second-order valence-electron chi connectivity index (χ2n) is 7.99. The number of carbonyl (C=O) groups is 1. The van der Waals surface area contributed by atoms with E-state index in [9.17, 15) is 4.79 Å². The monoisotopic (exact) mass is 525 g/mol. The Morgan fingerprint density at radius 2 is 1.34 bits per heavy atom. The number of ether oxygens (including phenoxy) is 2. The molecule has 204 valence electrons. The van der Waals surface area contributed by atoms with Crippen LogP contribution in [0.25, 0.3) is 0 Å². The average molecular weight is 526 g/mol. The largest absolute Gasteiger partial charge is 0.395 e. The minimum absolute atomic E-state index is 0.0502. The number of aliphatic hydroxyl groups excluding tert-OH is 1. The van der Waals surface area contributed by atoms with Gasteiger partial charge in [-0.2, -0.15) is 15.0 Å². The summed E-state index contributed by atoms with van der Waals surface area (Å²) in [7, 11) is 0. The van der Waals surface area contributed by atoms with Crippen molar-refractivity contribution in [3.05, 3.63) is 65.5 Å². The van der Waals surface area contributed by atoms with Crippen LogP contribution in [0.4, 0.5) is 17.8 Å². The van der Waals surface area contributed by atoms with E-state index in [1.54, 1.807) is 24.5 Å². The molecular weight excluding hydrogens is 490 g/mol. The summed E-state index contributed by atoms with van der Waals surface area (Å²) in [5.74, 6) is 0.925. The fourth-order valence-corrected chi connectivity index (χ4v) is 3.16. The Kier molecular flexibility index (Phi) is 12.6. The normalized spacial score (nSPS) is 10.7. The van der Waals surface area contributed by atoms with Crippen molar-refractivity contribution < 1.29 is 19.4 Å². The number of nitrogens with zero attached hydrogens (tertiary/aromatic N) is 4. The summed E-state index contributed by atoms with van der Waals surface area (Å²) >= 11 is 0. The van der Waals surface area contributed by atoms with Gasteiger partial charge in [0.1, 0.15) is 0 Å². The van der Waals surface area contributed by atoms with Crippen LogP contribution in [0.15, 0.2) is 48.8 Å². The van der Waals surface area contributed by atoms with E-state index in [-0.39, 0.29) is 12.5 Å². The highest BCUT2D eigenvalue weighted by molar-refractivity contribution is 5.94. The molecule has 13 heteroatoms. The molecule has 0 fully saturated rings. The summed E-state index contributed by atoms with van der Waals surface area (Å²) in [5, 5.41) is 21.3. The molecule has 0 bridgehead atoms. The molecule has 1 aromatic carbocycles. The van der Waals surface area contributed by atoms with E-state index in [4.69, 9.17) is 20.3 Å². The first-order valence-corrected chi connectivity index (χ1v) is 12.4. The van der Waals surface area contributed by atoms with E-state index in [1.807, 2.05) is 24.3 Å². The number of aliphatic hydroxyl groups is 1. The number of carbonyl (C=O) groups excluding carboxylic acids is 1. The highest BCUT2D eigenvalue weighted by Gasteiger charge is 2.08. The molecule has 38 heavy (non-hydrogen) atoms. The van der Waals surface area contributed by atoms with E-state index < -0.39 is 0 Å². The zero-order chi connectivity index (χ0) is 26.8. The molecule has 0 saturated carbocycles. The number of hydrogen-bond acceptors (Lipinski definition) is 12. The van der Waals surface area contributed by atoms with Gasteiger partial charge in [0.15, 0.2) is 0 Å². The minimum atomic E-state index is -0.172. The van der Waals surface area contributed by atoms with Crippen molar-refractivity contribution in [3.63, 3.8) is 0 Å². The topological polar surface area (TPSA) is 181 Å². The molecule has 0 spiro atoms. The van der Waals surface area contributed by atoms with Crippen molar-refractivity contribution in [1.82, 2.24) is 25.3 Å². The molecule has 3 aromatic rings. The second-order valence-corrected chi connectivity index (χ2v) is 7.99. The fourth-order valence-electron chi connectivity index (χ4n) is 3.16. The van der Waals surface area contributed by atoms with Gasteiger partial charge in [-0.1, -0.05) is 12.1 Å². The zero-order valence-corrected chi connectivity index (χ0v) is 21.2. The van der Waals surface area contributed by atoms with Gasteiger partial charge in [-0.15, -0.1) is 0 Å². The lowest BCUT2D eigenvalue weighted by molar-refractivity contribution is 0.0511. The number of aromatic nitrogens is 4. The molecule has 2 aromatic heterocycles. The number of anilines is 3. The first-order chi connectivity index (χ1) is 18.7. The van der Waals surface area contributed by atoms with Gasteiger partial charge >= 0.3 is 0 Å². The quantitative estimate of drug-likeness (QED) is 0.128. The summed E-state index contributed by atoms with van der Waals surface area (Å²) in [6.45, 7) is 3.96.